The number of benzene rings is 1. The molecule has 0 amide bonds. The van der Waals surface area contributed by atoms with Crippen LogP contribution in [0.4, 0.5) is 24.5 Å². The highest BCUT2D eigenvalue weighted by molar-refractivity contribution is 5.61. The average molecular weight is 288 g/mol. The van der Waals surface area contributed by atoms with E-state index in [4.69, 9.17) is 5.73 Å². The van der Waals surface area contributed by atoms with Crippen molar-refractivity contribution >= 4 is 11.4 Å². The second kappa shape index (κ2) is 5.52. The summed E-state index contributed by atoms with van der Waals surface area (Å²) in [5.41, 5.74) is 4.86. The van der Waals surface area contributed by atoms with Gasteiger partial charge in [-0.1, -0.05) is 12.8 Å². The molecule has 6 heteroatoms. The zero-order valence-corrected chi connectivity index (χ0v) is 11.3. The molecule has 2 atom stereocenters. The van der Waals surface area contributed by atoms with E-state index in [0.29, 0.717) is 12.8 Å². The summed E-state index contributed by atoms with van der Waals surface area (Å²) in [6.45, 7) is 0. The quantitative estimate of drug-likeness (QED) is 0.822. The van der Waals surface area contributed by atoms with Gasteiger partial charge in [0.2, 0.25) is 0 Å². The molecule has 0 bridgehead atoms. The van der Waals surface area contributed by atoms with Crippen LogP contribution in [0.2, 0.25) is 0 Å². The van der Waals surface area contributed by atoms with Crippen molar-refractivity contribution in [2.45, 2.75) is 44.0 Å². The summed E-state index contributed by atoms with van der Waals surface area (Å²) in [6.07, 6.45) is -1.89. The van der Waals surface area contributed by atoms with Crippen LogP contribution in [0, 0.1) is 0 Å². The lowest BCUT2D eigenvalue weighted by Crippen LogP contribution is -2.44. The second-order valence-electron chi connectivity index (χ2n) is 5.30. The minimum atomic E-state index is -4.46. The molecule has 1 aromatic rings. The first kappa shape index (κ1) is 15.0. The molecule has 0 aromatic heterocycles. The number of nitrogens with zero attached hydrogens (tertiary/aromatic N) is 1. The lowest BCUT2D eigenvalue weighted by Gasteiger charge is -2.37. The fraction of sp³-hybridized carbons (Fsp3) is 0.571. The zero-order chi connectivity index (χ0) is 14.9. The molecule has 0 radical (unpaired) electrons. The Morgan fingerprint density at radius 2 is 1.90 bits per heavy atom. The largest absolute Gasteiger partial charge is 0.418 e. The Morgan fingerprint density at radius 1 is 1.25 bits per heavy atom. The number of aliphatic hydroxyl groups excluding tert-OH is 1. The number of aliphatic hydroxyl groups is 1. The SMILES string of the molecule is CN(c1ccc(N)cc1C(F)(F)F)C1CCCCC1O. The minimum Gasteiger partial charge on any atom is -0.399 e. The number of nitrogen functional groups attached to an aromatic ring is 1. The third-order valence-electron chi connectivity index (χ3n) is 3.90. The van der Waals surface area contributed by atoms with Crippen LogP contribution in [0.15, 0.2) is 18.2 Å². The van der Waals surface area contributed by atoms with Crippen LogP contribution in [-0.2, 0) is 6.18 Å². The Labute approximate surface area is 116 Å². The Morgan fingerprint density at radius 3 is 2.50 bits per heavy atom. The molecular formula is C14H19F3N2O. The molecule has 1 fully saturated rings. The number of nitrogens with two attached hydrogens (primary N) is 1. The summed E-state index contributed by atoms with van der Waals surface area (Å²) in [7, 11) is 1.60. The van der Waals surface area contributed by atoms with Crippen molar-refractivity contribution in [1.82, 2.24) is 0 Å². The number of hydrogen-bond acceptors (Lipinski definition) is 3. The summed E-state index contributed by atoms with van der Waals surface area (Å²) in [4.78, 5) is 1.53. The van der Waals surface area contributed by atoms with E-state index in [0.717, 1.165) is 18.9 Å². The smallest absolute Gasteiger partial charge is 0.399 e. The molecular weight excluding hydrogens is 269 g/mol. The van der Waals surface area contributed by atoms with Crippen LogP contribution in [-0.4, -0.2) is 24.3 Å². The van der Waals surface area contributed by atoms with Gasteiger partial charge in [0.25, 0.3) is 0 Å². The first-order valence-electron chi connectivity index (χ1n) is 6.68. The lowest BCUT2D eigenvalue weighted by atomic mass is 9.91. The van der Waals surface area contributed by atoms with Gasteiger partial charge in [-0.05, 0) is 31.0 Å². The standard InChI is InChI=1S/C14H19F3N2O/c1-19(12-4-2-3-5-13(12)20)11-7-6-9(18)8-10(11)14(15,16)17/h6-8,12-13,20H,2-5,18H2,1H3. The summed E-state index contributed by atoms with van der Waals surface area (Å²) in [6, 6.07) is 3.49. The highest BCUT2D eigenvalue weighted by atomic mass is 19.4. The number of likely N-dealkylation sites (N-methyl/N-ethyl adjacent to an activating group) is 1. The number of halogens is 3. The molecule has 0 heterocycles. The molecule has 2 rings (SSSR count). The van der Waals surface area contributed by atoms with Gasteiger partial charge in [-0.3, -0.25) is 0 Å². The van der Waals surface area contributed by atoms with Crippen molar-refractivity contribution in [1.29, 1.82) is 0 Å². The molecule has 1 saturated carbocycles. The predicted octanol–water partition coefficient (Wildman–Crippen LogP) is 3.03. The molecule has 20 heavy (non-hydrogen) atoms. The third kappa shape index (κ3) is 3.00. The minimum absolute atomic E-state index is 0.0673. The Hall–Kier alpha value is -1.43. The van der Waals surface area contributed by atoms with Gasteiger partial charge in [0, 0.05) is 18.4 Å². The van der Waals surface area contributed by atoms with E-state index in [1.807, 2.05) is 0 Å². The van der Waals surface area contributed by atoms with Crippen molar-refractivity contribution in [2.24, 2.45) is 0 Å². The molecule has 0 saturated heterocycles. The maximum absolute atomic E-state index is 13.1. The van der Waals surface area contributed by atoms with E-state index in [2.05, 4.69) is 0 Å². The van der Waals surface area contributed by atoms with Gasteiger partial charge in [-0.25, -0.2) is 0 Å². The predicted molar refractivity (Wildman–Crippen MR) is 72.5 cm³/mol. The van der Waals surface area contributed by atoms with Crippen LogP contribution in [0.5, 0.6) is 0 Å². The maximum Gasteiger partial charge on any atom is 0.418 e. The van der Waals surface area contributed by atoms with Gasteiger partial charge in [0.1, 0.15) is 0 Å². The number of alkyl halides is 3. The van der Waals surface area contributed by atoms with Gasteiger partial charge >= 0.3 is 6.18 Å². The highest BCUT2D eigenvalue weighted by Gasteiger charge is 2.37. The lowest BCUT2D eigenvalue weighted by molar-refractivity contribution is -0.137. The highest BCUT2D eigenvalue weighted by Crippen LogP contribution is 2.39. The molecule has 0 spiro atoms. The second-order valence-corrected chi connectivity index (χ2v) is 5.30. The van der Waals surface area contributed by atoms with E-state index < -0.39 is 17.8 Å². The van der Waals surface area contributed by atoms with Gasteiger partial charge in [0.05, 0.1) is 17.7 Å². The Balaban J connectivity index is 2.36. The molecule has 1 aliphatic carbocycles. The van der Waals surface area contributed by atoms with Crippen LogP contribution in [0.25, 0.3) is 0 Å². The fourth-order valence-corrected chi connectivity index (χ4v) is 2.81. The summed E-state index contributed by atoms with van der Waals surface area (Å²) >= 11 is 0. The summed E-state index contributed by atoms with van der Waals surface area (Å²) in [5, 5.41) is 10.0. The van der Waals surface area contributed by atoms with Gasteiger partial charge in [0.15, 0.2) is 0 Å². The Kier molecular flexibility index (Phi) is 4.13. The van der Waals surface area contributed by atoms with E-state index >= 15 is 0 Å². The van der Waals surface area contributed by atoms with Crippen LogP contribution in [0.3, 0.4) is 0 Å². The van der Waals surface area contributed by atoms with Crippen molar-refractivity contribution < 1.29 is 18.3 Å². The van der Waals surface area contributed by atoms with E-state index in [9.17, 15) is 18.3 Å². The van der Waals surface area contributed by atoms with E-state index in [-0.39, 0.29) is 17.4 Å². The van der Waals surface area contributed by atoms with E-state index in [1.165, 1.54) is 17.0 Å². The molecule has 3 N–H and O–H groups in total. The van der Waals surface area contributed by atoms with Crippen molar-refractivity contribution in [3.8, 4) is 0 Å². The summed E-state index contributed by atoms with van der Waals surface area (Å²) in [5.74, 6) is 0. The number of hydrogen-bond donors (Lipinski definition) is 2. The monoisotopic (exact) mass is 288 g/mol. The molecule has 2 unspecified atom stereocenters. The average Bonchev–Trinajstić information content (AvgIpc) is 2.37. The molecule has 112 valence electrons. The van der Waals surface area contributed by atoms with Crippen molar-refractivity contribution in [3.63, 3.8) is 0 Å². The molecule has 3 nitrogen and oxygen atoms in total. The summed E-state index contributed by atoms with van der Waals surface area (Å²) < 4.78 is 39.3. The van der Waals surface area contributed by atoms with Crippen LogP contribution < -0.4 is 10.6 Å². The number of anilines is 2. The van der Waals surface area contributed by atoms with Gasteiger partial charge in [-0.2, -0.15) is 13.2 Å². The zero-order valence-electron chi connectivity index (χ0n) is 11.3. The first-order valence-corrected chi connectivity index (χ1v) is 6.68. The van der Waals surface area contributed by atoms with Crippen LogP contribution >= 0.6 is 0 Å². The van der Waals surface area contributed by atoms with Gasteiger partial charge in [-0.15, -0.1) is 0 Å². The normalized spacial score (nSPS) is 23.6. The third-order valence-corrected chi connectivity index (χ3v) is 3.90. The van der Waals surface area contributed by atoms with Crippen molar-refractivity contribution in [2.75, 3.05) is 17.7 Å². The number of rotatable bonds is 2. The molecule has 0 aliphatic heterocycles. The Bertz CT molecular complexity index is 476. The maximum atomic E-state index is 13.1. The van der Waals surface area contributed by atoms with Gasteiger partial charge < -0.3 is 15.7 Å². The van der Waals surface area contributed by atoms with Crippen LogP contribution in [0.1, 0.15) is 31.2 Å². The topological polar surface area (TPSA) is 49.5 Å². The first-order chi connectivity index (χ1) is 9.30. The molecule has 1 aromatic carbocycles. The molecule has 1 aliphatic rings. The van der Waals surface area contributed by atoms with E-state index in [1.54, 1.807) is 7.05 Å². The fourth-order valence-electron chi connectivity index (χ4n) is 2.81. The van der Waals surface area contributed by atoms with Crippen molar-refractivity contribution in [3.05, 3.63) is 23.8 Å².